The van der Waals surface area contributed by atoms with Crippen molar-refractivity contribution < 1.29 is 14.3 Å². The highest BCUT2D eigenvalue weighted by Crippen LogP contribution is 2.26. The third-order valence-corrected chi connectivity index (χ3v) is 4.76. The normalized spacial score (nSPS) is 22.8. The number of nitrogens with one attached hydrogen (secondary N) is 2. The van der Waals surface area contributed by atoms with Gasteiger partial charge in [0.15, 0.2) is 0 Å². The van der Waals surface area contributed by atoms with E-state index < -0.39 is 0 Å². The first-order chi connectivity index (χ1) is 11.2. The third kappa shape index (κ3) is 3.66. The minimum atomic E-state index is -0.0941. The van der Waals surface area contributed by atoms with Crippen molar-refractivity contribution in [1.29, 1.82) is 0 Å². The summed E-state index contributed by atoms with van der Waals surface area (Å²) in [5.74, 6) is -0.114. The molecule has 0 unspecified atom stereocenters. The second-order valence-corrected chi connectivity index (χ2v) is 6.32. The molecule has 1 amide bonds. The largest absolute Gasteiger partial charge is 0.466 e. The molecule has 3 rings (SSSR count). The second-order valence-electron chi connectivity index (χ2n) is 6.32. The Morgan fingerprint density at radius 3 is 2.78 bits per heavy atom. The van der Waals surface area contributed by atoms with Crippen LogP contribution >= 0.6 is 0 Å². The summed E-state index contributed by atoms with van der Waals surface area (Å²) in [6.07, 6.45) is 4.22. The minimum Gasteiger partial charge on any atom is -0.466 e. The van der Waals surface area contributed by atoms with Gasteiger partial charge in [-0.2, -0.15) is 0 Å². The first kappa shape index (κ1) is 15.8. The molecule has 0 radical (unpaired) electrons. The summed E-state index contributed by atoms with van der Waals surface area (Å²) >= 11 is 0. The molecule has 0 spiro atoms. The first-order valence-electron chi connectivity index (χ1n) is 8.51. The quantitative estimate of drug-likeness (QED) is 0.838. The molecular formula is C18H24N2O3. The van der Waals surface area contributed by atoms with Crippen molar-refractivity contribution in [2.75, 3.05) is 18.5 Å². The molecule has 1 heterocycles. The lowest BCUT2D eigenvalue weighted by Gasteiger charge is -2.27. The maximum absolute atomic E-state index is 12.4. The topological polar surface area (TPSA) is 67.4 Å². The molecule has 23 heavy (non-hydrogen) atoms. The Morgan fingerprint density at radius 1 is 1.26 bits per heavy atom. The van der Waals surface area contributed by atoms with Crippen LogP contribution in [-0.4, -0.2) is 31.1 Å². The SMILES string of the molecule is CCOC(=O)C1CCC(NC(=O)c2ccc3c(c2)CCN3)CC1. The van der Waals surface area contributed by atoms with Crippen molar-refractivity contribution in [3.63, 3.8) is 0 Å². The fourth-order valence-corrected chi connectivity index (χ4v) is 3.45. The van der Waals surface area contributed by atoms with E-state index >= 15 is 0 Å². The highest BCUT2D eigenvalue weighted by molar-refractivity contribution is 5.95. The molecule has 0 saturated heterocycles. The van der Waals surface area contributed by atoms with E-state index in [9.17, 15) is 9.59 Å². The zero-order valence-corrected chi connectivity index (χ0v) is 13.6. The van der Waals surface area contributed by atoms with Gasteiger partial charge < -0.3 is 15.4 Å². The van der Waals surface area contributed by atoms with Crippen molar-refractivity contribution in [3.05, 3.63) is 29.3 Å². The van der Waals surface area contributed by atoms with Crippen LogP contribution in [0.15, 0.2) is 18.2 Å². The summed E-state index contributed by atoms with van der Waals surface area (Å²) in [5.41, 5.74) is 3.07. The molecular weight excluding hydrogens is 292 g/mol. The molecule has 1 aliphatic carbocycles. The number of amides is 1. The van der Waals surface area contributed by atoms with Crippen LogP contribution in [0.1, 0.15) is 48.5 Å². The van der Waals surface area contributed by atoms with Gasteiger partial charge in [-0.05, 0) is 62.8 Å². The van der Waals surface area contributed by atoms with E-state index in [0.717, 1.165) is 49.9 Å². The standard InChI is InChI=1S/C18H24N2O3/c1-2-23-18(22)12-3-6-15(7-4-12)20-17(21)14-5-8-16-13(11-14)9-10-19-16/h5,8,11-12,15,19H,2-4,6-7,9-10H2,1H3,(H,20,21). The van der Waals surface area contributed by atoms with Crippen LogP contribution in [0.25, 0.3) is 0 Å². The fraction of sp³-hybridized carbons (Fsp3) is 0.556. The smallest absolute Gasteiger partial charge is 0.308 e. The van der Waals surface area contributed by atoms with Gasteiger partial charge in [-0.15, -0.1) is 0 Å². The molecule has 1 aromatic rings. The lowest BCUT2D eigenvalue weighted by Crippen LogP contribution is -2.39. The summed E-state index contributed by atoms with van der Waals surface area (Å²) in [6.45, 7) is 3.21. The highest BCUT2D eigenvalue weighted by Gasteiger charge is 2.28. The molecule has 124 valence electrons. The van der Waals surface area contributed by atoms with E-state index in [1.165, 1.54) is 5.56 Å². The number of hydrogen-bond donors (Lipinski definition) is 2. The van der Waals surface area contributed by atoms with Crippen LogP contribution in [0.2, 0.25) is 0 Å². The number of carbonyl (C=O) groups excluding carboxylic acids is 2. The molecule has 2 aliphatic rings. The lowest BCUT2D eigenvalue weighted by atomic mass is 9.86. The average Bonchev–Trinajstić information content (AvgIpc) is 3.03. The Kier molecular flexibility index (Phi) is 4.84. The summed E-state index contributed by atoms with van der Waals surface area (Å²) in [5, 5.41) is 6.40. The fourth-order valence-electron chi connectivity index (χ4n) is 3.45. The average molecular weight is 316 g/mol. The zero-order chi connectivity index (χ0) is 16.2. The number of hydrogen-bond acceptors (Lipinski definition) is 4. The molecule has 2 N–H and O–H groups in total. The number of carbonyl (C=O) groups is 2. The number of esters is 1. The molecule has 1 aliphatic heterocycles. The molecule has 0 bridgehead atoms. The van der Waals surface area contributed by atoms with Crippen molar-refractivity contribution in [2.45, 2.75) is 45.1 Å². The Morgan fingerprint density at radius 2 is 2.04 bits per heavy atom. The van der Waals surface area contributed by atoms with Crippen molar-refractivity contribution in [3.8, 4) is 0 Å². The van der Waals surface area contributed by atoms with E-state index in [-0.39, 0.29) is 23.8 Å². The van der Waals surface area contributed by atoms with Crippen LogP contribution in [0.3, 0.4) is 0 Å². The maximum Gasteiger partial charge on any atom is 0.308 e. The monoisotopic (exact) mass is 316 g/mol. The van der Waals surface area contributed by atoms with E-state index in [4.69, 9.17) is 4.74 Å². The highest BCUT2D eigenvalue weighted by atomic mass is 16.5. The van der Waals surface area contributed by atoms with Gasteiger partial charge in [-0.25, -0.2) is 0 Å². The molecule has 1 saturated carbocycles. The van der Waals surface area contributed by atoms with Crippen LogP contribution in [0, 0.1) is 5.92 Å². The summed E-state index contributed by atoms with van der Waals surface area (Å²) < 4.78 is 5.08. The Bertz CT molecular complexity index is 592. The molecule has 0 aromatic heterocycles. The first-order valence-corrected chi connectivity index (χ1v) is 8.51. The van der Waals surface area contributed by atoms with E-state index in [1.807, 2.05) is 25.1 Å². The predicted molar refractivity (Wildman–Crippen MR) is 88.5 cm³/mol. The summed E-state index contributed by atoms with van der Waals surface area (Å²) in [6, 6.07) is 5.99. The van der Waals surface area contributed by atoms with Crippen molar-refractivity contribution in [1.82, 2.24) is 5.32 Å². The molecule has 5 nitrogen and oxygen atoms in total. The maximum atomic E-state index is 12.4. The number of rotatable bonds is 4. The van der Waals surface area contributed by atoms with Gasteiger partial charge in [0.05, 0.1) is 12.5 Å². The van der Waals surface area contributed by atoms with Crippen molar-refractivity contribution >= 4 is 17.6 Å². The molecule has 1 fully saturated rings. The van der Waals surface area contributed by atoms with Gasteiger partial charge in [0.25, 0.3) is 5.91 Å². The minimum absolute atomic E-state index is 0.00540. The Balaban J connectivity index is 1.52. The van der Waals surface area contributed by atoms with E-state index in [0.29, 0.717) is 6.61 Å². The Labute approximate surface area is 136 Å². The van der Waals surface area contributed by atoms with Crippen molar-refractivity contribution in [2.24, 2.45) is 5.92 Å². The van der Waals surface area contributed by atoms with E-state index in [2.05, 4.69) is 10.6 Å². The number of anilines is 1. The van der Waals surface area contributed by atoms with Crippen LogP contribution in [0.5, 0.6) is 0 Å². The van der Waals surface area contributed by atoms with Gasteiger partial charge in [0.1, 0.15) is 0 Å². The predicted octanol–water partition coefficient (Wildman–Crippen LogP) is 2.51. The van der Waals surface area contributed by atoms with E-state index in [1.54, 1.807) is 0 Å². The number of benzene rings is 1. The summed E-state index contributed by atoms with van der Waals surface area (Å²) in [4.78, 5) is 24.1. The third-order valence-electron chi connectivity index (χ3n) is 4.76. The number of fused-ring (bicyclic) bond motifs is 1. The number of ether oxygens (including phenoxy) is 1. The lowest BCUT2D eigenvalue weighted by molar-refractivity contribution is -0.149. The van der Waals surface area contributed by atoms with Gasteiger partial charge >= 0.3 is 5.97 Å². The van der Waals surface area contributed by atoms with Gasteiger partial charge in [0, 0.05) is 23.8 Å². The molecule has 5 heteroatoms. The Hall–Kier alpha value is -2.04. The molecule has 1 aromatic carbocycles. The van der Waals surface area contributed by atoms with Crippen LogP contribution in [0.4, 0.5) is 5.69 Å². The van der Waals surface area contributed by atoms with Gasteiger partial charge in [-0.3, -0.25) is 9.59 Å². The van der Waals surface area contributed by atoms with Crippen LogP contribution < -0.4 is 10.6 Å². The van der Waals surface area contributed by atoms with Crippen LogP contribution in [-0.2, 0) is 16.0 Å². The van der Waals surface area contributed by atoms with Gasteiger partial charge in [-0.1, -0.05) is 0 Å². The second kappa shape index (κ2) is 7.02. The molecule has 0 atom stereocenters. The zero-order valence-electron chi connectivity index (χ0n) is 13.6. The summed E-state index contributed by atoms with van der Waals surface area (Å²) in [7, 11) is 0. The van der Waals surface area contributed by atoms with Gasteiger partial charge in [0.2, 0.25) is 0 Å².